The number of hydrogen-bond acceptors (Lipinski definition) is 16. The van der Waals surface area contributed by atoms with E-state index in [-0.39, 0.29) is 45.7 Å². The number of aliphatic hydroxyl groups excluding tert-OH is 1. The summed E-state index contributed by atoms with van der Waals surface area (Å²) in [7, 11) is 0. The van der Waals surface area contributed by atoms with Crippen LogP contribution in [-0.4, -0.2) is 79.5 Å². The number of ether oxygens (including phenoxy) is 3. The standard InChI is InChI=1S/C37H30O16/c38-16-9-23(44)29-28(10-16)51-34(14-2-4-19(40)22(43)6-14)36(53-37(50)15-7-25(46)32(49)26(47)8-15)31(29)30-24(45)12-20(41)17-11-27(48)33(52-35(17)30)13-1-3-18(39)21(42)5-13/h1-10,12,27,31,33-34,36,38-49H,11H2/t27-,31+,33-,34+,36+/m0/s1. The number of phenols is 11. The molecular formula is C37H30O16. The first-order chi connectivity index (χ1) is 25.1. The molecule has 0 unspecified atom stereocenters. The van der Waals surface area contributed by atoms with Crippen LogP contribution in [0.2, 0.25) is 0 Å². The molecule has 0 aromatic heterocycles. The van der Waals surface area contributed by atoms with E-state index in [2.05, 4.69) is 0 Å². The number of benzene rings is 5. The molecule has 0 spiro atoms. The topological polar surface area (TPSA) is 288 Å². The van der Waals surface area contributed by atoms with Gasteiger partial charge in [0.25, 0.3) is 0 Å². The lowest BCUT2D eigenvalue weighted by atomic mass is 9.77. The highest BCUT2D eigenvalue weighted by molar-refractivity contribution is 5.91. The fraction of sp³-hybridized carbons (Fsp3) is 0.162. The molecule has 5 atom stereocenters. The van der Waals surface area contributed by atoms with Crippen LogP contribution in [0.5, 0.6) is 74.7 Å². The fourth-order valence-corrected chi connectivity index (χ4v) is 6.73. The second-order valence-corrected chi connectivity index (χ2v) is 12.6. The summed E-state index contributed by atoms with van der Waals surface area (Å²) in [6.45, 7) is 0. The number of esters is 1. The van der Waals surface area contributed by atoms with Gasteiger partial charge in [0.1, 0.15) is 40.6 Å². The smallest absolute Gasteiger partial charge is 0.338 e. The molecule has 7 rings (SSSR count). The van der Waals surface area contributed by atoms with Crippen molar-refractivity contribution in [2.75, 3.05) is 0 Å². The Labute approximate surface area is 297 Å². The number of aromatic hydroxyl groups is 11. The van der Waals surface area contributed by atoms with E-state index >= 15 is 0 Å². The third-order valence-corrected chi connectivity index (χ3v) is 9.20. The molecular weight excluding hydrogens is 700 g/mol. The molecule has 5 aromatic carbocycles. The quantitative estimate of drug-likeness (QED) is 0.0899. The molecule has 2 aliphatic rings. The summed E-state index contributed by atoms with van der Waals surface area (Å²) in [6, 6.07) is 11.7. The van der Waals surface area contributed by atoms with Gasteiger partial charge in [-0.3, -0.25) is 0 Å². The number of carbonyl (C=O) groups excluding carboxylic acids is 1. The van der Waals surface area contributed by atoms with Crippen LogP contribution in [0, 0.1) is 0 Å². The van der Waals surface area contributed by atoms with Crippen molar-refractivity contribution >= 4 is 5.97 Å². The van der Waals surface area contributed by atoms with E-state index in [9.17, 15) is 66.1 Å². The van der Waals surface area contributed by atoms with Crippen molar-refractivity contribution in [2.24, 2.45) is 0 Å². The lowest BCUT2D eigenvalue weighted by molar-refractivity contribution is -0.0285. The second kappa shape index (κ2) is 12.6. The molecule has 53 heavy (non-hydrogen) atoms. The van der Waals surface area contributed by atoms with Gasteiger partial charge >= 0.3 is 5.97 Å². The van der Waals surface area contributed by atoms with Crippen molar-refractivity contribution in [1.82, 2.24) is 0 Å². The molecule has 0 radical (unpaired) electrons. The molecule has 16 nitrogen and oxygen atoms in total. The third kappa shape index (κ3) is 5.85. The Morgan fingerprint density at radius 2 is 1.17 bits per heavy atom. The molecule has 0 fully saturated rings. The highest BCUT2D eigenvalue weighted by atomic mass is 16.6. The summed E-state index contributed by atoms with van der Waals surface area (Å²) in [5.74, 6) is -10.4. The van der Waals surface area contributed by atoms with Gasteiger partial charge in [-0.05, 0) is 42.0 Å². The van der Waals surface area contributed by atoms with Crippen LogP contribution in [-0.2, 0) is 11.2 Å². The van der Waals surface area contributed by atoms with Crippen molar-refractivity contribution in [2.45, 2.75) is 36.8 Å². The van der Waals surface area contributed by atoms with Crippen LogP contribution >= 0.6 is 0 Å². The Morgan fingerprint density at radius 1 is 0.585 bits per heavy atom. The first-order valence-electron chi connectivity index (χ1n) is 15.8. The minimum absolute atomic E-state index is 0.0341. The molecule has 16 heteroatoms. The molecule has 2 aliphatic heterocycles. The van der Waals surface area contributed by atoms with Gasteiger partial charge in [0.2, 0.25) is 0 Å². The molecule has 0 amide bonds. The third-order valence-electron chi connectivity index (χ3n) is 9.20. The Kier molecular flexibility index (Phi) is 8.18. The Hall–Kier alpha value is -7.07. The van der Waals surface area contributed by atoms with E-state index in [0.717, 1.165) is 54.6 Å². The maximum atomic E-state index is 13.8. The Bertz CT molecular complexity index is 2280. The average Bonchev–Trinajstić information content (AvgIpc) is 3.09. The van der Waals surface area contributed by atoms with E-state index < -0.39 is 105 Å². The number of fused-ring (bicyclic) bond motifs is 2. The zero-order valence-electron chi connectivity index (χ0n) is 26.9. The predicted molar refractivity (Wildman–Crippen MR) is 178 cm³/mol. The van der Waals surface area contributed by atoms with Crippen molar-refractivity contribution in [3.05, 3.63) is 100 Å². The first kappa shape index (κ1) is 34.4. The van der Waals surface area contributed by atoms with Gasteiger partial charge in [0.05, 0.1) is 17.6 Å². The molecule has 12 N–H and O–H groups in total. The summed E-state index contributed by atoms with van der Waals surface area (Å²) in [4.78, 5) is 13.8. The Balaban J connectivity index is 1.48. The van der Waals surface area contributed by atoms with Gasteiger partial charge in [-0.1, -0.05) is 12.1 Å². The van der Waals surface area contributed by atoms with Crippen LogP contribution < -0.4 is 9.47 Å². The zero-order valence-corrected chi connectivity index (χ0v) is 26.9. The molecule has 2 heterocycles. The molecule has 0 aliphatic carbocycles. The number of carbonyl (C=O) groups is 1. The van der Waals surface area contributed by atoms with Gasteiger partial charge < -0.3 is 75.5 Å². The fourth-order valence-electron chi connectivity index (χ4n) is 6.73. The summed E-state index contributed by atoms with van der Waals surface area (Å²) >= 11 is 0. The molecule has 0 bridgehead atoms. The van der Waals surface area contributed by atoms with Crippen LogP contribution in [0.3, 0.4) is 0 Å². The first-order valence-corrected chi connectivity index (χ1v) is 15.8. The summed E-state index contributed by atoms with van der Waals surface area (Å²) in [5.41, 5.74) is -0.728. The van der Waals surface area contributed by atoms with Crippen molar-refractivity contribution in [3.8, 4) is 74.7 Å². The maximum Gasteiger partial charge on any atom is 0.338 e. The zero-order chi connectivity index (χ0) is 38.0. The normalized spacial score (nSPS) is 20.4. The largest absolute Gasteiger partial charge is 0.508 e. The van der Waals surface area contributed by atoms with Crippen LogP contribution in [0.1, 0.15) is 56.3 Å². The van der Waals surface area contributed by atoms with Gasteiger partial charge in [-0.25, -0.2) is 4.79 Å². The SMILES string of the molecule is O=C(O[C@@H]1[C@@H](c2c(O)cc(O)c3c2O[C@@H](c2ccc(O)c(O)c2)[C@@H](O)C3)c2c(O)cc(O)cc2O[C@@H]1c1ccc(O)c(O)c1)c1cc(O)c(O)c(O)c1. The second-order valence-electron chi connectivity index (χ2n) is 12.6. The van der Waals surface area contributed by atoms with E-state index in [1.807, 2.05) is 0 Å². The van der Waals surface area contributed by atoms with Crippen molar-refractivity contribution in [3.63, 3.8) is 0 Å². The predicted octanol–water partition coefficient (Wildman–Crippen LogP) is 3.98. The van der Waals surface area contributed by atoms with Crippen molar-refractivity contribution < 1.29 is 80.3 Å². The van der Waals surface area contributed by atoms with Crippen LogP contribution in [0.15, 0.2) is 66.7 Å². The summed E-state index contributed by atoms with van der Waals surface area (Å²) in [5, 5.41) is 126. The lowest BCUT2D eigenvalue weighted by Gasteiger charge is -2.41. The van der Waals surface area contributed by atoms with E-state index in [4.69, 9.17) is 14.2 Å². The number of hydrogen-bond donors (Lipinski definition) is 12. The van der Waals surface area contributed by atoms with Crippen LogP contribution in [0.25, 0.3) is 0 Å². The monoisotopic (exact) mass is 730 g/mol. The number of phenolic OH excluding ortho intramolecular Hbond substituents is 11. The van der Waals surface area contributed by atoms with Crippen LogP contribution in [0.4, 0.5) is 0 Å². The lowest BCUT2D eigenvalue weighted by Crippen LogP contribution is -2.39. The minimum atomic E-state index is -1.72. The average molecular weight is 731 g/mol. The molecule has 0 saturated heterocycles. The van der Waals surface area contributed by atoms with Gasteiger partial charge in [-0.15, -0.1) is 0 Å². The summed E-state index contributed by atoms with van der Waals surface area (Å²) < 4.78 is 18.4. The Morgan fingerprint density at radius 3 is 1.77 bits per heavy atom. The van der Waals surface area contributed by atoms with Gasteiger partial charge in [0.15, 0.2) is 52.5 Å². The molecule has 0 saturated carbocycles. The van der Waals surface area contributed by atoms with E-state index in [1.54, 1.807) is 0 Å². The van der Waals surface area contributed by atoms with Gasteiger partial charge in [0, 0.05) is 46.9 Å². The minimum Gasteiger partial charge on any atom is -0.508 e. The highest BCUT2D eigenvalue weighted by Gasteiger charge is 2.49. The van der Waals surface area contributed by atoms with Crippen molar-refractivity contribution in [1.29, 1.82) is 0 Å². The van der Waals surface area contributed by atoms with E-state index in [1.165, 1.54) is 12.1 Å². The van der Waals surface area contributed by atoms with Gasteiger partial charge in [-0.2, -0.15) is 0 Å². The molecule has 5 aromatic rings. The highest BCUT2D eigenvalue weighted by Crippen LogP contribution is 2.58. The van der Waals surface area contributed by atoms with E-state index in [0.29, 0.717) is 0 Å². The molecule has 274 valence electrons. The maximum absolute atomic E-state index is 13.8. The number of rotatable bonds is 5. The summed E-state index contributed by atoms with van der Waals surface area (Å²) in [6.07, 6.45) is -6.19. The number of aliphatic hydroxyl groups is 1.